The van der Waals surface area contributed by atoms with Gasteiger partial charge in [0, 0.05) is 29.8 Å². The van der Waals surface area contributed by atoms with Crippen molar-refractivity contribution >= 4 is 11.4 Å². The predicted molar refractivity (Wildman–Crippen MR) is 281 cm³/mol. The molecule has 0 atom stereocenters. The average Bonchev–Trinajstić information content (AvgIpc) is 3.54. The lowest BCUT2D eigenvalue weighted by molar-refractivity contribution is -0.138. The Labute approximate surface area is 453 Å². The van der Waals surface area contributed by atoms with Crippen LogP contribution >= 0.6 is 0 Å². The third-order valence-corrected chi connectivity index (χ3v) is 12.7. The molecule has 0 bridgehead atoms. The highest BCUT2D eigenvalue weighted by Crippen LogP contribution is 2.43. The smallest absolute Gasteiger partial charge is 0.371 e. The zero-order chi connectivity index (χ0) is 58.7. The molecule has 0 amide bonds. The molecule has 414 valence electrons. The molecule has 80 heavy (non-hydrogen) atoms. The lowest BCUT2D eigenvalue weighted by Gasteiger charge is -2.39. The Morgan fingerprint density at radius 3 is 1.00 bits per heavy atom. The maximum atomic E-state index is 14.0. The van der Waals surface area contributed by atoms with Crippen LogP contribution in [-0.4, -0.2) is 0 Å². The van der Waals surface area contributed by atoms with Gasteiger partial charge in [0.15, 0.2) is 11.6 Å². The van der Waals surface area contributed by atoms with Gasteiger partial charge in [0.05, 0.1) is 45.0 Å². The molecule has 0 spiro atoms. The minimum absolute atomic E-state index is 0.00653. The summed E-state index contributed by atoms with van der Waals surface area (Å²) in [5.74, 6) is -2.32. The largest absolute Gasteiger partial charge is 0.416 e. The fourth-order valence-corrected chi connectivity index (χ4v) is 8.89. The zero-order valence-corrected chi connectivity index (χ0v) is 42.6. The van der Waals surface area contributed by atoms with Gasteiger partial charge in [-0.2, -0.15) is 57.9 Å². The van der Waals surface area contributed by atoms with Crippen molar-refractivity contribution < 1.29 is 61.5 Å². The Kier molecular flexibility index (Phi) is 18.9. The van der Waals surface area contributed by atoms with Crippen LogP contribution in [0.5, 0.6) is 0 Å². The summed E-state index contributed by atoms with van der Waals surface area (Å²) in [6, 6.07) is 46.0. The summed E-state index contributed by atoms with van der Waals surface area (Å²) in [4.78, 5) is 0. The van der Waals surface area contributed by atoms with Gasteiger partial charge in [-0.3, -0.25) is 0 Å². The van der Waals surface area contributed by atoms with Gasteiger partial charge < -0.3 is 10.6 Å². The molecule has 2 N–H and O–H groups in total. The number of alkyl halides is 12. The first-order valence-electron chi connectivity index (χ1n) is 24.4. The fourth-order valence-electron chi connectivity index (χ4n) is 8.89. The van der Waals surface area contributed by atoms with E-state index in [4.69, 9.17) is 0 Å². The van der Waals surface area contributed by atoms with E-state index in [9.17, 15) is 66.7 Å². The number of hydrogen-bond donors (Lipinski definition) is 2. The number of benzene rings is 8. The molecule has 0 saturated heterocycles. The van der Waals surface area contributed by atoms with Gasteiger partial charge in [0.1, 0.15) is 0 Å². The van der Waals surface area contributed by atoms with Crippen LogP contribution in [0.2, 0.25) is 0 Å². The molecule has 0 aliphatic rings. The third kappa shape index (κ3) is 14.7. The van der Waals surface area contributed by atoms with E-state index < -0.39 is 69.7 Å². The van der Waals surface area contributed by atoms with E-state index in [1.54, 1.807) is 84.9 Å². The van der Waals surface area contributed by atoms with Gasteiger partial charge >= 0.3 is 24.7 Å². The van der Waals surface area contributed by atoms with Gasteiger partial charge in [-0.25, -0.2) is 8.78 Å². The van der Waals surface area contributed by atoms with E-state index in [1.165, 1.54) is 42.5 Å². The lowest BCUT2D eigenvalue weighted by atomic mass is 9.76. The van der Waals surface area contributed by atoms with Crippen molar-refractivity contribution in [2.75, 3.05) is 0 Å². The highest BCUT2D eigenvalue weighted by Gasteiger charge is 2.42. The first-order valence-corrected chi connectivity index (χ1v) is 24.4. The topological polar surface area (TPSA) is 47.8 Å². The molecular weight excluding hydrogens is 1060 g/mol. The minimum atomic E-state index is -4.74. The van der Waals surface area contributed by atoms with E-state index in [0.29, 0.717) is 22.3 Å². The monoisotopic (exact) mass is 1110 g/mol. The molecule has 0 heterocycles. The lowest BCUT2D eigenvalue weighted by Crippen LogP contribution is -2.44. The molecule has 0 fully saturated rings. The molecule has 3 nitrogen and oxygen atoms in total. The predicted octanol–water partition coefficient (Wildman–Crippen LogP) is 18.1. The molecule has 8 aromatic rings. The summed E-state index contributed by atoms with van der Waals surface area (Å²) >= 11 is 0. The molecule has 0 aromatic heterocycles. The second kappa shape index (κ2) is 25.0. The first kappa shape index (κ1) is 60.6. The quantitative estimate of drug-likeness (QED) is 0.107. The van der Waals surface area contributed by atoms with E-state index in [-0.39, 0.29) is 52.1 Å². The molecule has 8 aromatic carbocycles. The fraction of sp³-hybridized carbons (Fsp3) is 0.159. The van der Waals surface area contributed by atoms with Crippen molar-refractivity contribution in [3.05, 3.63) is 297 Å². The Hall–Kier alpha value is -8.65. The van der Waals surface area contributed by atoms with Crippen LogP contribution in [0, 0.1) is 23.0 Å². The van der Waals surface area contributed by atoms with E-state index >= 15 is 0 Å². The number of nitriles is 1. The van der Waals surface area contributed by atoms with Crippen molar-refractivity contribution in [1.82, 2.24) is 10.6 Å². The van der Waals surface area contributed by atoms with Gasteiger partial charge in [0.2, 0.25) is 0 Å². The minimum Gasteiger partial charge on any atom is -0.371 e. The van der Waals surface area contributed by atoms with E-state index in [1.807, 2.05) is 19.9 Å². The second-order valence-electron chi connectivity index (χ2n) is 18.0. The summed E-state index contributed by atoms with van der Waals surface area (Å²) in [7, 11) is 0. The third-order valence-electron chi connectivity index (χ3n) is 12.7. The summed E-state index contributed by atoms with van der Waals surface area (Å²) in [6.45, 7) is 11.9. The molecule has 0 aliphatic heterocycles. The SMILES string of the molecule is C=C(NC(Cc1ccccc1)(c1cccc(C(F)(F)F)c1)c1cccc(C(F)(F)F)c1)c1ccc(F)c(F)c1.C=C(NC(Cc1ccccc1)(c1cccc(C(F)(F)F)c1)c1cccc(C(F)(F)F)c1)c1cccc(C#N)c1.CC. The Morgan fingerprint density at radius 2 is 0.688 bits per heavy atom. The van der Waals surface area contributed by atoms with Crippen molar-refractivity contribution in [3.8, 4) is 6.07 Å². The molecule has 0 radical (unpaired) electrons. The molecular formula is C63H49F14N3. The Balaban J connectivity index is 0.000000250. The molecule has 17 heteroatoms. The zero-order valence-electron chi connectivity index (χ0n) is 42.6. The Morgan fingerprint density at radius 1 is 0.375 bits per heavy atom. The van der Waals surface area contributed by atoms with Crippen LogP contribution in [0.4, 0.5) is 61.5 Å². The molecule has 0 unspecified atom stereocenters. The molecule has 8 rings (SSSR count). The van der Waals surface area contributed by atoms with Crippen LogP contribution in [0.1, 0.15) is 86.2 Å². The van der Waals surface area contributed by atoms with Gasteiger partial charge in [-0.1, -0.05) is 148 Å². The number of nitrogens with one attached hydrogen (secondary N) is 2. The van der Waals surface area contributed by atoms with Gasteiger partial charge in [0.25, 0.3) is 0 Å². The van der Waals surface area contributed by atoms with Crippen molar-refractivity contribution in [1.29, 1.82) is 5.26 Å². The van der Waals surface area contributed by atoms with Gasteiger partial charge in [-0.05, 0) is 118 Å². The summed E-state index contributed by atoms with van der Waals surface area (Å²) in [5, 5.41) is 15.5. The van der Waals surface area contributed by atoms with Crippen molar-refractivity contribution in [2.24, 2.45) is 0 Å². The normalized spacial score (nSPS) is 11.9. The number of rotatable bonds is 14. The van der Waals surface area contributed by atoms with Gasteiger partial charge in [-0.15, -0.1) is 0 Å². The number of hydrogen-bond acceptors (Lipinski definition) is 3. The Bertz CT molecular complexity index is 3330. The first-order chi connectivity index (χ1) is 37.7. The van der Waals surface area contributed by atoms with Crippen molar-refractivity contribution in [3.63, 3.8) is 0 Å². The van der Waals surface area contributed by atoms with Crippen LogP contribution in [-0.2, 0) is 48.6 Å². The average molecular weight is 1110 g/mol. The number of nitrogens with zero attached hydrogens (tertiary/aromatic N) is 1. The summed E-state index contributed by atoms with van der Waals surface area (Å²) < 4.78 is 193. The van der Waals surface area contributed by atoms with E-state index in [0.717, 1.165) is 72.8 Å². The number of halogens is 14. The van der Waals surface area contributed by atoms with Crippen LogP contribution in [0.15, 0.2) is 213 Å². The standard InChI is InChI=1S/C31H22F6N2.C30H21F8N.C2H6/c1-21(24-11-5-10-23(16-24)20-38)39-29(19-22-8-3-2-4-9-22,25-12-6-14-27(17-25)30(32,33)34)26-13-7-15-28(18-26)31(35,36)37;1-19(21-13-14-26(31)27(32)15-21)39-28(18-20-7-3-2-4-8-20,22-9-5-11-24(16-22)29(33,34)35)23-10-6-12-25(17-23)30(36,37)38;1-2/h2-18,39H,1,19H2;2-17,39H,1,18H2;1-2H3. The summed E-state index contributed by atoms with van der Waals surface area (Å²) in [5.41, 5.74) is -4.81. The van der Waals surface area contributed by atoms with Crippen LogP contribution < -0.4 is 10.6 Å². The van der Waals surface area contributed by atoms with Crippen LogP contribution in [0.25, 0.3) is 11.4 Å². The maximum Gasteiger partial charge on any atom is 0.416 e. The molecule has 0 aliphatic carbocycles. The second-order valence-corrected chi connectivity index (χ2v) is 18.0. The van der Waals surface area contributed by atoms with E-state index in [2.05, 4.69) is 23.8 Å². The summed E-state index contributed by atoms with van der Waals surface area (Å²) in [6.07, 6.45) is -19.0. The highest BCUT2D eigenvalue weighted by atomic mass is 19.4. The maximum absolute atomic E-state index is 14.0. The highest BCUT2D eigenvalue weighted by molar-refractivity contribution is 5.67. The van der Waals surface area contributed by atoms with Crippen molar-refractivity contribution in [2.45, 2.75) is 62.5 Å². The molecule has 0 saturated carbocycles. The van der Waals surface area contributed by atoms with Crippen LogP contribution in [0.3, 0.4) is 0 Å².